The van der Waals surface area contributed by atoms with E-state index in [4.69, 9.17) is 11.6 Å². The molecule has 1 aromatic heterocycles. The lowest BCUT2D eigenvalue weighted by Gasteiger charge is -2.09. The number of pyridine rings is 1. The minimum absolute atomic E-state index is 0.126. The molecular formula is C7H3ClF5NO2S. The van der Waals surface area contributed by atoms with Gasteiger partial charge in [-0.15, -0.1) is 0 Å². The molecule has 0 aromatic carbocycles. The third-order valence-electron chi connectivity index (χ3n) is 1.64. The molecule has 0 saturated heterocycles. The Morgan fingerprint density at radius 1 is 1.29 bits per heavy atom. The molecule has 1 heterocycles. The van der Waals surface area contributed by atoms with Crippen LogP contribution < -0.4 is 0 Å². The van der Waals surface area contributed by atoms with Gasteiger partial charge in [0.25, 0.3) is 9.84 Å². The number of aromatic nitrogens is 1. The van der Waals surface area contributed by atoms with Crippen molar-refractivity contribution in [2.75, 3.05) is 0 Å². The van der Waals surface area contributed by atoms with Gasteiger partial charge in [-0.3, -0.25) is 0 Å². The molecule has 0 N–H and O–H groups in total. The smallest absolute Gasteiger partial charge is 0.242 e. The maximum absolute atomic E-state index is 12.2. The lowest BCUT2D eigenvalue weighted by Crippen LogP contribution is -2.15. The third kappa shape index (κ3) is 2.83. The number of hydrogen-bond donors (Lipinski definition) is 0. The zero-order valence-electron chi connectivity index (χ0n) is 7.67. The van der Waals surface area contributed by atoms with E-state index in [0.717, 1.165) is 0 Å². The molecule has 1 rings (SSSR count). The second-order valence-electron chi connectivity index (χ2n) is 2.81. The standard InChI is InChI=1S/C7H3ClF5NO2S/c8-4-1-3(7(11,12)13)2-14-5(4)17(15,16)6(9)10/h1-2,6H. The number of hydrogen-bond acceptors (Lipinski definition) is 3. The van der Waals surface area contributed by atoms with Crippen LogP contribution in [0.25, 0.3) is 0 Å². The average Bonchev–Trinajstić information content (AvgIpc) is 2.15. The van der Waals surface area contributed by atoms with Crippen molar-refractivity contribution in [1.29, 1.82) is 0 Å². The van der Waals surface area contributed by atoms with E-state index in [2.05, 4.69) is 4.98 Å². The molecule has 0 spiro atoms. The molecule has 0 amide bonds. The van der Waals surface area contributed by atoms with Crippen LogP contribution in [0.5, 0.6) is 0 Å². The number of halogens is 6. The van der Waals surface area contributed by atoms with Crippen LogP contribution in [0.15, 0.2) is 17.3 Å². The molecule has 0 aliphatic heterocycles. The van der Waals surface area contributed by atoms with Crippen LogP contribution >= 0.6 is 11.6 Å². The van der Waals surface area contributed by atoms with E-state index >= 15 is 0 Å². The van der Waals surface area contributed by atoms with Crippen LogP contribution in [0.2, 0.25) is 5.02 Å². The molecule has 0 saturated carbocycles. The molecule has 0 fully saturated rings. The predicted molar refractivity (Wildman–Crippen MR) is 47.4 cm³/mol. The average molecular weight is 296 g/mol. The van der Waals surface area contributed by atoms with E-state index in [0.29, 0.717) is 0 Å². The van der Waals surface area contributed by atoms with Gasteiger partial charge in [0.2, 0.25) is 0 Å². The van der Waals surface area contributed by atoms with Crippen LogP contribution in [-0.4, -0.2) is 19.2 Å². The molecule has 96 valence electrons. The van der Waals surface area contributed by atoms with E-state index in [9.17, 15) is 30.4 Å². The second kappa shape index (κ2) is 4.37. The highest BCUT2D eigenvalue weighted by molar-refractivity contribution is 7.91. The highest BCUT2D eigenvalue weighted by Gasteiger charge is 2.35. The predicted octanol–water partition coefficient (Wildman–Crippen LogP) is 2.75. The summed E-state index contributed by atoms with van der Waals surface area (Å²) >= 11 is 5.19. The van der Waals surface area contributed by atoms with Gasteiger partial charge in [0.1, 0.15) is 0 Å². The summed E-state index contributed by atoms with van der Waals surface area (Å²) in [5.41, 5.74) is -1.32. The normalized spacial score (nSPS) is 13.1. The largest absolute Gasteiger partial charge is 0.417 e. The maximum Gasteiger partial charge on any atom is 0.417 e. The summed E-state index contributed by atoms with van der Waals surface area (Å²) in [5, 5.41) is -2.28. The van der Waals surface area contributed by atoms with Gasteiger partial charge in [0.15, 0.2) is 5.03 Å². The summed E-state index contributed by atoms with van der Waals surface area (Å²) in [7, 11) is -5.11. The van der Waals surface area contributed by atoms with Crippen LogP contribution in [0, 0.1) is 0 Å². The van der Waals surface area contributed by atoms with E-state index in [1.807, 2.05) is 0 Å². The quantitative estimate of drug-likeness (QED) is 0.788. The summed E-state index contributed by atoms with van der Waals surface area (Å²) in [4.78, 5) is 2.82. The first-order valence-corrected chi connectivity index (χ1v) is 5.74. The summed E-state index contributed by atoms with van der Waals surface area (Å²) in [6.45, 7) is 0. The molecule has 0 unspecified atom stereocenters. The van der Waals surface area contributed by atoms with E-state index in [1.165, 1.54) is 0 Å². The number of nitrogens with zero attached hydrogens (tertiary/aromatic N) is 1. The fourth-order valence-electron chi connectivity index (χ4n) is 0.874. The number of sulfone groups is 1. The Morgan fingerprint density at radius 3 is 2.18 bits per heavy atom. The summed E-state index contributed by atoms with van der Waals surface area (Å²) in [6, 6.07) is 0.226. The van der Waals surface area contributed by atoms with Crippen molar-refractivity contribution in [2.24, 2.45) is 0 Å². The molecule has 0 aliphatic carbocycles. The van der Waals surface area contributed by atoms with Gasteiger partial charge in [0, 0.05) is 6.20 Å². The van der Waals surface area contributed by atoms with Crippen LogP contribution in [0.1, 0.15) is 5.56 Å². The van der Waals surface area contributed by atoms with E-state index in [-0.39, 0.29) is 12.3 Å². The van der Waals surface area contributed by atoms with Crippen LogP contribution in [0.4, 0.5) is 22.0 Å². The Bertz CT molecular complexity index is 528. The molecule has 3 nitrogen and oxygen atoms in total. The van der Waals surface area contributed by atoms with Crippen molar-refractivity contribution in [3.05, 3.63) is 22.8 Å². The zero-order valence-corrected chi connectivity index (χ0v) is 9.24. The molecule has 10 heteroatoms. The second-order valence-corrected chi connectivity index (χ2v) is 5.05. The first kappa shape index (κ1) is 14.1. The topological polar surface area (TPSA) is 47.0 Å². The van der Waals surface area contributed by atoms with Gasteiger partial charge in [-0.2, -0.15) is 22.0 Å². The monoisotopic (exact) mass is 295 g/mol. The third-order valence-corrected chi connectivity index (χ3v) is 3.37. The highest BCUT2D eigenvalue weighted by Crippen LogP contribution is 2.33. The molecular weight excluding hydrogens is 293 g/mol. The fourth-order valence-corrected chi connectivity index (χ4v) is 2.06. The van der Waals surface area contributed by atoms with Crippen LogP contribution in [-0.2, 0) is 16.0 Å². The van der Waals surface area contributed by atoms with E-state index < -0.39 is 37.4 Å². The van der Waals surface area contributed by atoms with Crippen molar-refractivity contribution in [3.8, 4) is 0 Å². The molecule has 1 aromatic rings. The Hall–Kier alpha value is -0.960. The lowest BCUT2D eigenvalue weighted by atomic mass is 10.3. The van der Waals surface area contributed by atoms with Gasteiger partial charge < -0.3 is 0 Å². The summed E-state index contributed by atoms with van der Waals surface area (Å²) < 4.78 is 82.6. The zero-order chi connectivity index (χ0) is 13.4. The Labute approximate surface area is 97.1 Å². The Balaban J connectivity index is 3.34. The summed E-state index contributed by atoms with van der Waals surface area (Å²) in [5.74, 6) is -3.80. The van der Waals surface area contributed by atoms with Gasteiger partial charge in [-0.1, -0.05) is 11.6 Å². The van der Waals surface area contributed by atoms with Crippen molar-refractivity contribution in [1.82, 2.24) is 4.98 Å². The van der Waals surface area contributed by atoms with Crippen molar-refractivity contribution >= 4 is 21.4 Å². The van der Waals surface area contributed by atoms with Gasteiger partial charge in [-0.25, -0.2) is 13.4 Å². The maximum atomic E-state index is 12.2. The van der Waals surface area contributed by atoms with Crippen molar-refractivity contribution in [2.45, 2.75) is 17.0 Å². The number of alkyl halides is 5. The van der Waals surface area contributed by atoms with Crippen molar-refractivity contribution < 1.29 is 30.4 Å². The Kier molecular flexibility index (Phi) is 3.63. The highest BCUT2D eigenvalue weighted by atomic mass is 35.5. The molecule has 0 aliphatic rings. The first-order chi connectivity index (χ1) is 7.56. The van der Waals surface area contributed by atoms with Gasteiger partial charge in [-0.05, 0) is 6.07 Å². The molecule has 0 atom stereocenters. The first-order valence-electron chi connectivity index (χ1n) is 3.81. The lowest BCUT2D eigenvalue weighted by molar-refractivity contribution is -0.137. The SMILES string of the molecule is O=S(=O)(c1ncc(C(F)(F)F)cc1Cl)C(F)F. The molecule has 0 bridgehead atoms. The molecule has 17 heavy (non-hydrogen) atoms. The summed E-state index contributed by atoms with van der Waals surface area (Å²) in [6.07, 6.45) is -4.66. The number of rotatable bonds is 2. The minimum Gasteiger partial charge on any atom is -0.242 e. The van der Waals surface area contributed by atoms with Crippen molar-refractivity contribution in [3.63, 3.8) is 0 Å². The van der Waals surface area contributed by atoms with Gasteiger partial charge >= 0.3 is 11.9 Å². The molecule has 0 radical (unpaired) electrons. The fraction of sp³-hybridized carbons (Fsp3) is 0.286. The van der Waals surface area contributed by atoms with E-state index in [1.54, 1.807) is 0 Å². The van der Waals surface area contributed by atoms with Crippen LogP contribution in [0.3, 0.4) is 0 Å². The minimum atomic E-state index is -5.11. The van der Waals surface area contributed by atoms with Gasteiger partial charge in [0.05, 0.1) is 10.6 Å². The Morgan fingerprint density at radius 2 is 1.82 bits per heavy atom.